The third-order valence-corrected chi connectivity index (χ3v) is 4.67. The molecule has 2 fully saturated rings. The third kappa shape index (κ3) is 2.29. The first kappa shape index (κ1) is 14.6. The predicted molar refractivity (Wildman–Crippen MR) is 82.7 cm³/mol. The summed E-state index contributed by atoms with van der Waals surface area (Å²) < 4.78 is 5.18. The van der Waals surface area contributed by atoms with Crippen LogP contribution in [0.5, 0.6) is 0 Å². The summed E-state index contributed by atoms with van der Waals surface area (Å²) in [5, 5.41) is 6.26. The summed E-state index contributed by atoms with van der Waals surface area (Å²) in [5.74, 6) is -0.741. The molecule has 2 aliphatic heterocycles. The summed E-state index contributed by atoms with van der Waals surface area (Å²) in [6.07, 6.45) is 0.622. The smallest absolute Gasteiger partial charge is 0.292 e. The van der Waals surface area contributed by atoms with Crippen molar-refractivity contribution in [3.8, 4) is 11.3 Å². The Hall–Kier alpha value is -2.96. The molecule has 1 atom stereocenters. The molecule has 0 saturated carbocycles. The number of rotatable bonds is 2. The topological polar surface area (TPSA) is 92.5 Å². The fraction of sp³-hybridized carbons (Fsp3) is 0.294. The minimum Gasteiger partial charge on any atom is -0.350 e. The molecular weight excluding hydrogens is 310 g/mol. The number of carbonyl (C=O) groups excluding carboxylic acids is 3. The average Bonchev–Trinajstić information content (AvgIpc) is 3.28. The van der Waals surface area contributed by atoms with Gasteiger partial charge in [0, 0.05) is 31.1 Å². The number of nitrogens with zero attached hydrogens (tertiary/aromatic N) is 2. The summed E-state index contributed by atoms with van der Waals surface area (Å²) in [5.41, 5.74) is 0.662. The van der Waals surface area contributed by atoms with E-state index in [1.54, 1.807) is 11.0 Å². The largest absolute Gasteiger partial charge is 0.350 e. The molecule has 1 spiro atoms. The van der Waals surface area contributed by atoms with E-state index in [0.717, 1.165) is 5.56 Å². The van der Waals surface area contributed by atoms with Gasteiger partial charge in [-0.3, -0.25) is 19.7 Å². The van der Waals surface area contributed by atoms with E-state index < -0.39 is 5.41 Å². The van der Waals surface area contributed by atoms with Gasteiger partial charge in [0.1, 0.15) is 5.69 Å². The second-order valence-corrected chi connectivity index (χ2v) is 6.25. The quantitative estimate of drug-likeness (QED) is 0.838. The van der Waals surface area contributed by atoms with E-state index in [1.165, 1.54) is 0 Å². The maximum Gasteiger partial charge on any atom is 0.292 e. The average molecular weight is 325 g/mol. The van der Waals surface area contributed by atoms with Crippen LogP contribution in [-0.4, -0.2) is 40.9 Å². The van der Waals surface area contributed by atoms with Crippen LogP contribution < -0.4 is 5.32 Å². The normalized spacial score (nSPS) is 23.1. The molecule has 1 aromatic heterocycles. The van der Waals surface area contributed by atoms with E-state index >= 15 is 0 Å². The molecule has 2 aliphatic rings. The lowest BCUT2D eigenvalue weighted by atomic mass is 9.85. The van der Waals surface area contributed by atoms with Crippen molar-refractivity contribution < 1.29 is 18.9 Å². The van der Waals surface area contributed by atoms with Crippen LogP contribution in [0.25, 0.3) is 11.3 Å². The van der Waals surface area contributed by atoms with Crippen molar-refractivity contribution in [2.24, 2.45) is 5.41 Å². The number of likely N-dealkylation sites (tertiary alicyclic amines) is 1. The van der Waals surface area contributed by atoms with Gasteiger partial charge < -0.3 is 9.42 Å². The van der Waals surface area contributed by atoms with Crippen molar-refractivity contribution in [3.05, 3.63) is 42.2 Å². The molecule has 7 heteroatoms. The van der Waals surface area contributed by atoms with Crippen LogP contribution in [0.2, 0.25) is 0 Å². The standard InChI is InChI=1S/C17H15N3O4/c21-14-9-17(16(23)18-14)6-7-20(10-17)15(22)13-8-12(19-24-13)11-4-2-1-3-5-11/h1-5,8H,6-7,9-10H2,(H,18,21,23)/t17-/m1/s1. The maximum absolute atomic E-state index is 12.6. The molecule has 7 nitrogen and oxygen atoms in total. The van der Waals surface area contributed by atoms with Crippen LogP contribution in [0.4, 0.5) is 0 Å². The van der Waals surface area contributed by atoms with Crippen LogP contribution in [0, 0.1) is 5.41 Å². The number of carbonyl (C=O) groups is 3. The summed E-state index contributed by atoms with van der Waals surface area (Å²) in [7, 11) is 0. The molecular formula is C17H15N3O4. The van der Waals surface area contributed by atoms with E-state index in [4.69, 9.17) is 4.52 Å². The lowest BCUT2D eigenvalue weighted by Crippen LogP contribution is -2.36. The van der Waals surface area contributed by atoms with E-state index in [-0.39, 0.29) is 36.4 Å². The molecule has 2 aromatic rings. The Kier molecular flexibility index (Phi) is 3.23. The Bertz CT molecular complexity index is 829. The fourth-order valence-electron chi connectivity index (χ4n) is 3.34. The van der Waals surface area contributed by atoms with Crippen molar-refractivity contribution in [2.45, 2.75) is 12.8 Å². The van der Waals surface area contributed by atoms with Gasteiger partial charge in [-0.25, -0.2) is 0 Å². The van der Waals surface area contributed by atoms with Gasteiger partial charge in [-0.05, 0) is 6.42 Å². The molecule has 4 rings (SSSR count). The van der Waals surface area contributed by atoms with Crippen LogP contribution in [-0.2, 0) is 9.59 Å². The van der Waals surface area contributed by atoms with E-state index in [1.807, 2.05) is 30.3 Å². The van der Waals surface area contributed by atoms with Gasteiger partial charge in [0.25, 0.3) is 5.91 Å². The molecule has 3 heterocycles. The van der Waals surface area contributed by atoms with Gasteiger partial charge in [0.15, 0.2) is 0 Å². The van der Waals surface area contributed by atoms with Gasteiger partial charge in [-0.15, -0.1) is 0 Å². The molecule has 122 valence electrons. The predicted octanol–water partition coefficient (Wildman–Crippen LogP) is 1.22. The molecule has 1 N–H and O–H groups in total. The zero-order chi connectivity index (χ0) is 16.7. The number of nitrogens with one attached hydrogen (secondary N) is 1. The van der Waals surface area contributed by atoms with Crippen molar-refractivity contribution in [1.29, 1.82) is 0 Å². The SMILES string of the molecule is O=C1C[C@@]2(CCN(C(=O)c3cc(-c4ccccc4)no3)C2)C(=O)N1. The Labute approximate surface area is 137 Å². The second-order valence-electron chi connectivity index (χ2n) is 6.25. The van der Waals surface area contributed by atoms with Crippen molar-refractivity contribution in [3.63, 3.8) is 0 Å². The number of amides is 3. The van der Waals surface area contributed by atoms with Gasteiger partial charge in [-0.2, -0.15) is 0 Å². The molecule has 24 heavy (non-hydrogen) atoms. The van der Waals surface area contributed by atoms with Crippen LogP contribution in [0.15, 0.2) is 40.9 Å². The Morgan fingerprint density at radius 2 is 2.04 bits per heavy atom. The van der Waals surface area contributed by atoms with E-state index in [9.17, 15) is 14.4 Å². The Balaban J connectivity index is 1.52. The molecule has 3 amide bonds. The number of benzene rings is 1. The molecule has 0 unspecified atom stereocenters. The van der Waals surface area contributed by atoms with Gasteiger partial charge in [0.2, 0.25) is 17.6 Å². The zero-order valence-electron chi connectivity index (χ0n) is 12.8. The molecule has 0 bridgehead atoms. The number of hydrogen-bond acceptors (Lipinski definition) is 5. The summed E-state index contributed by atoms with van der Waals surface area (Å²) in [6.45, 7) is 0.645. The summed E-state index contributed by atoms with van der Waals surface area (Å²) >= 11 is 0. The highest BCUT2D eigenvalue weighted by molar-refractivity contribution is 6.06. The molecule has 0 radical (unpaired) electrons. The van der Waals surface area contributed by atoms with Crippen LogP contribution >= 0.6 is 0 Å². The number of imide groups is 1. The van der Waals surface area contributed by atoms with E-state index in [0.29, 0.717) is 18.7 Å². The first-order chi connectivity index (χ1) is 11.6. The highest BCUT2D eigenvalue weighted by atomic mass is 16.5. The fourth-order valence-corrected chi connectivity index (χ4v) is 3.34. The Morgan fingerprint density at radius 3 is 2.75 bits per heavy atom. The number of aromatic nitrogens is 1. The zero-order valence-corrected chi connectivity index (χ0v) is 12.8. The van der Waals surface area contributed by atoms with Crippen molar-refractivity contribution in [1.82, 2.24) is 15.4 Å². The van der Waals surface area contributed by atoms with Crippen LogP contribution in [0.1, 0.15) is 23.4 Å². The van der Waals surface area contributed by atoms with E-state index in [2.05, 4.69) is 10.5 Å². The molecule has 2 saturated heterocycles. The lowest BCUT2D eigenvalue weighted by molar-refractivity contribution is -0.128. The van der Waals surface area contributed by atoms with Gasteiger partial charge in [-0.1, -0.05) is 35.5 Å². The second kappa shape index (κ2) is 5.30. The third-order valence-electron chi connectivity index (χ3n) is 4.67. The van der Waals surface area contributed by atoms with Crippen LogP contribution in [0.3, 0.4) is 0 Å². The molecule has 1 aromatic carbocycles. The molecule has 0 aliphatic carbocycles. The van der Waals surface area contributed by atoms with Crippen molar-refractivity contribution in [2.75, 3.05) is 13.1 Å². The number of hydrogen-bond donors (Lipinski definition) is 1. The minimum atomic E-state index is -0.783. The first-order valence-corrected chi connectivity index (χ1v) is 7.73. The van der Waals surface area contributed by atoms with Gasteiger partial charge >= 0.3 is 0 Å². The highest BCUT2D eigenvalue weighted by Gasteiger charge is 2.52. The minimum absolute atomic E-state index is 0.135. The van der Waals surface area contributed by atoms with Gasteiger partial charge in [0.05, 0.1) is 5.41 Å². The summed E-state index contributed by atoms with van der Waals surface area (Å²) in [4.78, 5) is 37.6. The lowest BCUT2D eigenvalue weighted by Gasteiger charge is -2.19. The maximum atomic E-state index is 12.6. The Morgan fingerprint density at radius 1 is 1.25 bits per heavy atom. The monoisotopic (exact) mass is 325 g/mol. The summed E-state index contributed by atoms with van der Waals surface area (Å²) in [6, 6.07) is 11.0. The first-order valence-electron chi connectivity index (χ1n) is 7.73. The van der Waals surface area contributed by atoms with Crippen molar-refractivity contribution >= 4 is 17.7 Å². The highest BCUT2D eigenvalue weighted by Crippen LogP contribution is 2.38.